The summed E-state index contributed by atoms with van der Waals surface area (Å²) < 4.78 is 19.1. The van der Waals surface area contributed by atoms with Gasteiger partial charge in [0, 0.05) is 24.7 Å². The summed E-state index contributed by atoms with van der Waals surface area (Å²) in [6, 6.07) is 4.84. The summed E-state index contributed by atoms with van der Waals surface area (Å²) in [7, 11) is 1.43. The van der Waals surface area contributed by atoms with E-state index in [0.717, 1.165) is 5.39 Å². The highest BCUT2D eigenvalue weighted by Crippen LogP contribution is 2.33. The molecule has 0 bridgehead atoms. The molecule has 5 nitrogen and oxygen atoms in total. The lowest BCUT2D eigenvalue weighted by atomic mass is 9.90. The van der Waals surface area contributed by atoms with Crippen LogP contribution in [0.25, 0.3) is 10.8 Å². The molecule has 1 aliphatic heterocycles. The number of rotatable bonds is 3. The van der Waals surface area contributed by atoms with Gasteiger partial charge in [0.25, 0.3) is 0 Å². The van der Waals surface area contributed by atoms with E-state index < -0.39 is 17.7 Å². The molecule has 1 aliphatic rings. The van der Waals surface area contributed by atoms with Crippen LogP contribution in [-0.4, -0.2) is 36.3 Å². The number of carbonyl (C=O) groups is 1. The Labute approximate surface area is 133 Å². The zero-order chi connectivity index (χ0) is 16.6. The molecule has 1 fully saturated rings. The summed E-state index contributed by atoms with van der Waals surface area (Å²) in [6.07, 6.45) is 2.31. The number of methoxy groups -OCH3 is 1. The number of hydrogen-bond acceptors (Lipinski definition) is 4. The fourth-order valence-electron chi connectivity index (χ4n) is 3.27. The highest BCUT2D eigenvalue weighted by atomic mass is 19.1. The van der Waals surface area contributed by atoms with Crippen molar-refractivity contribution in [3.8, 4) is 5.75 Å². The first-order valence-electron chi connectivity index (χ1n) is 7.59. The van der Waals surface area contributed by atoms with Gasteiger partial charge in [-0.05, 0) is 35.9 Å². The first-order chi connectivity index (χ1) is 11.0. The van der Waals surface area contributed by atoms with E-state index in [-0.39, 0.29) is 11.7 Å². The van der Waals surface area contributed by atoms with Crippen LogP contribution < -0.4 is 9.64 Å². The first kappa shape index (κ1) is 15.5. The van der Waals surface area contributed by atoms with Gasteiger partial charge in [0.2, 0.25) is 0 Å². The molecule has 1 aromatic heterocycles. The number of aromatic nitrogens is 1. The van der Waals surface area contributed by atoms with Gasteiger partial charge in [-0.1, -0.05) is 6.92 Å². The molecule has 0 aliphatic carbocycles. The molecule has 1 saturated heterocycles. The second-order valence-electron chi connectivity index (χ2n) is 6.12. The number of hydrogen-bond donors (Lipinski definition) is 1. The molecule has 3 rings (SSSR count). The van der Waals surface area contributed by atoms with Crippen molar-refractivity contribution in [3.63, 3.8) is 0 Å². The number of anilines is 1. The Morgan fingerprint density at radius 2 is 2.22 bits per heavy atom. The average molecular weight is 318 g/mol. The highest BCUT2D eigenvalue weighted by Gasteiger charge is 2.30. The number of carboxylic acids is 1. The zero-order valence-electron chi connectivity index (χ0n) is 13.1. The second-order valence-corrected chi connectivity index (χ2v) is 6.12. The smallest absolute Gasteiger partial charge is 0.308 e. The van der Waals surface area contributed by atoms with Crippen molar-refractivity contribution in [3.05, 3.63) is 30.2 Å². The topological polar surface area (TPSA) is 62.7 Å². The van der Waals surface area contributed by atoms with E-state index in [0.29, 0.717) is 30.7 Å². The van der Waals surface area contributed by atoms with Crippen LogP contribution in [-0.2, 0) is 4.79 Å². The fourth-order valence-corrected chi connectivity index (χ4v) is 3.27. The second kappa shape index (κ2) is 6.02. The molecule has 6 heteroatoms. The third-order valence-electron chi connectivity index (χ3n) is 4.32. The Hall–Kier alpha value is -2.37. The maximum Gasteiger partial charge on any atom is 0.308 e. The average Bonchev–Trinajstić information content (AvgIpc) is 2.53. The number of aliphatic carboxylic acids is 1. The van der Waals surface area contributed by atoms with Gasteiger partial charge in [-0.25, -0.2) is 9.37 Å². The Morgan fingerprint density at radius 3 is 2.91 bits per heavy atom. The molecule has 1 aromatic carbocycles. The molecule has 0 radical (unpaired) electrons. The molecular weight excluding hydrogens is 299 g/mol. The minimum atomic E-state index is -0.797. The van der Waals surface area contributed by atoms with Gasteiger partial charge >= 0.3 is 5.97 Å². The molecule has 122 valence electrons. The van der Waals surface area contributed by atoms with Crippen LogP contribution in [0.15, 0.2) is 24.4 Å². The van der Waals surface area contributed by atoms with Crippen LogP contribution in [0, 0.1) is 17.7 Å². The molecular formula is C17H19FN2O3. The van der Waals surface area contributed by atoms with Gasteiger partial charge in [-0.3, -0.25) is 4.79 Å². The molecule has 0 saturated carbocycles. The Morgan fingerprint density at radius 1 is 1.43 bits per heavy atom. The molecule has 2 aromatic rings. The summed E-state index contributed by atoms with van der Waals surface area (Å²) in [5, 5.41) is 10.8. The van der Waals surface area contributed by atoms with Crippen molar-refractivity contribution in [1.82, 2.24) is 4.98 Å². The van der Waals surface area contributed by atoms with Crippen molar-refractivity contribution in [1.29, 1.82) is 0 Å². The molecule has 23 heavy (non-hydrogen) atoms. The molecule has 1 N–H and O–H groups in total. The SMILES string of the molecule is COc1cc2ccnc(N3CC(C)CC(C(=O)O)C3)c2cc1F. The normalized spacial score (nSPS) is 21.4. The first-order valence-corrected chi connectivity index (χ1v) is 7.59. The predicted octanol–water partition coefficient (Wildman–Crippen LogP) is 2.93. The summed E-state index contributed by atoms with van der Waals surface area (Å²) >= 11 is 0. The summed E-state index contributed by atoms with van der Waals surface area (Å²) in [6.45, 7) is 3.12. The van der Waals surface area contributed by atoms with E-state index >= 15 is 0 Å². The van der Waals surface area contributed by atoms with Crippen molar-refractivity contribution in [2.75, 3.05) is 25.1 Å². The lowest BCUT2D eigenvalue weighted by Gasteiger charge is -2.36. The Balaban J connectivity index is 2.05. The number of pyridine rings is 1. The van der Waals surface area contributed by atoms with Gasteiger partial charge in [-0.2, -0.15) is 0 Å². The number of halogens is 1. The van der Waals surface area contributed by atoms with E-state index in [1.54, 1.807) is 18.3 Å². The van der Waals surface area contributed by atoms with Crippen molar-refractivity contribution < 1.29 is 19.0 Å². The van der Waals surface area contributed by atoms with E-state index in [1.807, 2.05) is 11.8 Å². The van der Waals surface area contributed by atoms with Crippen LogP contribution in [0.4, 0.5) is 10.2 Å². The zero-order valence-corrected chi connectivity index (χ0v) is 13.1. The lowest BCUT2D eigenvalue weighted by molar-refractivity contribution is -0.142. The molecule has 0 spiro atoms. The fraction of sp³-hybridized carbons (Fsp3) is 0.412. The van der Waals surface area contributed by atoms with Crippen LogP contribution in [0.2, 0.25) is 0 Å². The van der Waals surface area contributed by atoms with Gasteiger partial charge in [-0.15, -0.1) is 0 Å². The van der Waals surface area contributed by atoms with E-state index in [9.17, 15) is 14.3 Å². The standard InChI is InChI=1S/C17H19FN2O3/c1-10-5-12(17(21)22)9-20(8-10)16-13-7-14(18)15(23-2)6-11(13)3-4-19-16/h3-4,6-7,10,12H,5,8-9H2,1-2H3,(H,21,22). The summed E-state index contributed by atoms with van der Waals surface area (Å²) in [4.78, 5) is 17.7. The summed E-state index contributed by atoms with van der Waals surface area (Å²) in [5.74, 6) is -0.625. The number of nitrogens with zero attached hydrogens (tertiary/aromatic N) is 2. The highest BCUT2D eigenvalue weighted by molar-refractivity contribution is 5.93. The number of ether oxygens (including phenoxy) is 1. The van der Waals surface area contributed by atoms with Crippen molar-refractivity contribution >= 4 is 22.6 Å². The number of piperidine rings is 1. The van der Waals surface area contributed by atoms with E-state index in [1.165, 1.54) is 13.2 Å². The number of benzene rings is 1. The number of carboxylic acid groups (broad SMARTS) is 1. The predicted molar refractivity (Wildman–Crippen MR) is 85.4 cm³/mol. The third-order valence-corrected chi connectivity index (χ3v) is 4.32. The third kappa shape index (κ3) is 2.93. The summed E-state index contributed by atoms with van der Waals surface area (Å²) in [5.41, 5.74) is 0. The van der Waals surface area contributed by atoms with Gasteiger partial charge < -0.3 is 14.7 Å². The molecule has 2 heterocycles. The van der Waals surface area contributed by atoms with Gasteiger partial charge in [0.05, 0.1) is 13.0 Å². The van der Waals surface area contributed by atoms with Crippen molar-refractivity contribution in [2.24, 2.45) is 11.8 Å². The Kier molecular flexibility index (Phi) is 4.07. The van der Waals surface area contributed by atoms with Crippen LogP contribution in [0.3, 0.4) is 0 Å². The quantitative estimate of drug-likeness (QED) is 0.943. The minimum Gasteiger partial charge on any atom is -0.494 e. The largest absolute Gasteiger partial charge is 0.494 e. The van der Waals surface area contributed by atoms with Crippen LogP contribution >= 0.6 is 0 Å². The van der Waals surface area contributed by atoms with Gasteiger partial charge in [0.1, 0.15) is 5.82 Å². The minimum absolute atomic E-state index is 0.185. The molecule has 0 amide bonds. The Bertz CT molecular complexity index is 750. The maximum atomic E-state index is 14.1. The lowest BCUT2D eigenvalue weighted by Crippen LogP contribution is -2.43. The van der Waals surface area contributed by atoms with Gasteiger partial charge in [0.15, 0.2) is 11.6 Å². The van der Waals surface area contributed by atoms with Crippen LogP contribution in [0.5, 0.6) is 5.75 Å². The maximum absolute atomic E-state index is 14.1. The van der Waals surface area contributed by atoms with Crippen molar-refractivity contribution in [2.45, 2.75) is 13.3 Å². The van der Waals surface area contributed by atoms with E-state index in [4.69, 9.17) is 4.74 Å². The number of fused-ring (bicyclic) bond motifs is 1. The molecule has 2 unspecified atom stereocenters. The van der Waals surface area contributed by atoms with E-state index in [2.05, 4.69) is 4.98 Å². The van der Waals surface area contributed by atoms with Crippen LogP contribution in [0.1, 0.15) is 13.3 Å². The molecule has 2 atom stereocenters. The monoisotopic (exact) mass is 318 g/mol.